The van der Waals surface area contributed by atoms with Crippen molar-refractivity contribution >= 4 is 6.08 Å². The Labute approximate surface area is 90.8 Å². The Morgan fingerprint density at radius 2 is 2.07 bits per heavy atom. The minimum absolute atomic E-state index is 0.0556. The fraction of sp³-hybridized carbons (Fsp3) is 0.231. The molecule has 15 heavy (non-hydrogen) atoms. The lowest BCUT2D eigenvalue weighted by molar-refractivity contribution is 0.254. The van der Waals surface area contributed by atoms with Gasteiger partial charge in [0.15, 0.2) is 11.5 Å². The van der Waals surface area contributed by atoms with E-state index in [1.165, 1.54) is 0 Å². The molecule has 0 aromatic heterocycles. The van der Waals surface area contributed by atoms with Crippen molar-refractivity contribution in [3.8, 4) is 11.5 Å². The molecule has 1 aromatic rings. The minimum atomic E-state index is -0.0556. The standard InChI is InChI=1S/C13H16O2/c1-5-10(3)15-13-11(6-2)8-7-9-12(13)14-4/h5-10H,1-2H2,3-4H3. The lowest BCUT2D eigenvalue weighted by Gasteiger charge is -2.16. The predicted octanol–water partition coefficient (Wildman–Crippen LogP) is 3.29. The fourth-order valence-electron chi connectivity index (χ4n) is 1.21. The van der Waals surface area contributed by atoms with Crippen LogP contribution in [0.3, 0.4) is 0 Å². The van der Waals surface area contributed by atoms with Crippen molar-refractivity contribution in [3.05, 3.63) is 43.0 Å². The summed E-state index contributed by atoms with van der Waals surface area (Å²) in [5.74, 6) is 1.42. The third-order valence-electron chi connectivity index (χ3n) is 2.08. The van der Waals surface area contributed by atoms with Crippen LogP contribution in [0.4, 0.5) is 0 Å². The molecule has 0 aliphatic heterocycles. The SMILES string of the molecule is C=Cc1cccc(OC)c1OC(C)C=C. The Hall–Kier alpha value is -1.70. The van der Waals surface area contributed by atoms with Gasteiger partial charge >= 0.3 is 0 Å². The van der Waals surface area contributed by atoms with Crippen LogP contribution < -0.4 is 9.47 Å². The summed E-state index contributed by atoms with van der Waals surface area (Å²) in [6.45, 7) is 9.34. The van der Waals surface area contributed by atoms with Gasteiger partial charge in [0.1, 0.15) is 6.10 Å². The summed E-state index contributed by atoms with van der Waals surface area (Å²) < 4.78 is 10.9. The van der Waals surface area contributed by atoms with Gasteiger partial charge in [-0.1, -0.05) is 37.4 Å². The van der Waals surface area contributed by atoms with Gasteiger partial charge in [0.05, 0.1) is 7.11 Å². The largest absolute Gasteiger partial charge is 0.493 e. The molecule has 0 aliphatic carbocycles. The molecule has 0 aliphatic rings. The van der Waals surface area contributed by atoms with E-state index in [0.29, 0.717) is 11.5 Å². The van der Waals surface area contributed by atoms with Crippen molar-refractivity contribution in [1.82, 2.24) is 0 Å². The Morgan fingerprint density at radius 3 is 2.60 bits per heavy atom. The third-order valence-corrected chi connectivity index (χ3v) is 2.08. The number of hydrogen-bond donors (Lipinski definition) is 0. The molecule has 1 unspecified atom stereocenters. The first-order chi connectivity index (χ1) is 7.22. The van der Waals surface area contributed by atoms with E-state index in [1.807, 2.05) is 25.1 Å². The van der Waals surface area contributed by atoms with Crippen LogP contribution in [0.25, 0.3) is 6.08 Å². The van der Waals surface area contributed by atoms with E-state index < -0.39 is 0 Å². The van der Waals surface area contributed by atoms with Crippen LogP contribution in [0.5, 0.6) is 11.5 Å². The molecule has 0 heterocycles. The van der Waals surface area contributed by atoms with E-state index in [2.05, 4.69) is 13.2 Å². The van der Waals surface area contributed by atoms with Crippen LogP contribution >= 0.6 is 0 Å². The number of ether oxygens (including phenoxy) is 2. The molecule has 80 valence electrons. The van der Waals surface area contributed by atoms with Crippen molar-refractivity contribution in [2.24, 2.45) is 0 Å². The Morgan fingerprint density at radius 1 is 1.33 bits per heavy atom. The van der Waals surface area contributed by atoms with Crippen LogP contribution in [-0.2, 0) is 0 Å². The highest BCUT2D eigenvalue weighted by Crippen LogP contribution is 2.32. The normalized spacial score (nSPS) is 11.6. The van der Waals surface area contributed by atoms with Gasteiger partial charge in [0, 0.05) is 5.56 Å². The van der Waals surface area contributed by atoms with Crippen LogP contribution in [-0.4, -0.2) is 13.2 Å². The summed E-state index contributed by atoms with van der Waals surface area (Å²) in [6.07, 6.45) is 3.42. The summed E-state index contributed by atoms with van der Waals surface area (Å²) >= 11 is 0. The molecule has 2 heteroatoms. The third kappa shape index (κ3) is 2.62. The molecule has 0 fully saturated rings. The molecular weight excluding hydrogens is 188 g/mol. The van der Waals surface area contributed by atoms with Crippen molar-refractivity contribution in [3.63, 3.8) is 0 Å². The Balaban J connectivity index is 3.10. The molecule has 0 bridgehead atoms. The van der Waals surface area contributed by atoms with Gasteiger partial charge in [0.2, 0.25) is 0 Å². The fourth-order valence-corrected chi connectivity index (χ4v) is 1.21. The first-order valence-electron chi connectivity index (χ1n) is 4.81. The Kier molecular flexibility index (Phi) is 3.98. The summed E-state index contributed by atoms with van der Waals surface area (Å²) in [5, 5.41) is 0. The van der Waals surface area contributed by atoms with Gasteiger partial charge in [-0.3, -0.25) is 0 Å². The van der Waals surface area contributed by atoms with Gasteiger partial charge in [-0.15, -0.1) is 0 Å². The van der Waals surface area contributed by atoms with Crippen LogP contribution in [0.15, 0.2) is 37.4 Å². The molecule has 1 rings (SSSR count). The molecule has 0 amide bonds. The summed E-state index contributed by atoms with van der Waals surface area (Å²) in [7, 11) is 1.62. The number of hydrogen-bond acceptors (Lipinski definition) is 2. The van der Waals surface area contributed by atoms with E-state index in [4.69, 9.17) is 9.47 Å². The molecule has 1 atom stereocenters. The zero-order chi connectivity index (χ0) is 11.3. The first kappa shape index (κ1) is 11.4. The topological polar surface area (TPSA) is 18.5 Å². The maximum absolute atomic E-state index is 5.69. The number of rotatable bonds is 5. The second kappa shape index (κ2) is 5.25. The predicted molar refractivity (Wildman–Crippen MR) is 63.4 cm³/mol. The van der Waals surface area contributed by atoms with Crippen LogP contribution in [0.1, 0.15) is 12.5 Å². The second-order valence-corrected chi connectivity index (χ2v) is 3.14. The smallest absolute Gasteiger partial charge is 0.169 e. The molecule has 1 aromatic carbocycles. The van der Waals surface area contributed by atoms with E-state index in [0.717, 1.165) is 5.56 Å². The van der Waals surface area contributed by atoms with Gasteiger partial charge < -0.3 is 9.47 Å². The monoisotopic (exact) mass is 204 g/mol. The lowest BCUT2D eigenvalue weighted by Crippen LogP contribution is -2.09. The van der Waals surface area contributed by atoms with E-state index in [-0.39, 0.29) is 6.10 Å². The number of benzene rings is 1. The van der Waals surface area contributed by atoms with Gasteiger partial charge in [-0.25, -0.2) is 0 Å². The van der Waals surface area contributed by atoms with E-state index in [9.17, 15) is 0 Å². The van der Waals surface area contributed by atoms with E-state index >= 15 is 0 Å². The number of para-hydroxylation sites is 1. The zero-order valence-corrected chi connectivity index (χ0v) is 9.19. The Bertz CT molecular complexity index is 356. The van der Waals surface area contributed by atoms with Crippen molar-refractivity contribution < 1.29 is 9.47 Å². The van der Waals surface area contributed by atoms with Crippen LogP contribution in [0.2, 0.25) is 0 Å². The molecule has 0 saturated heterocycles. The van der Waals surface area contributed by atoms with Gasteiger partial charge in [-0.2, -0.15) is 0 Å². The zero-order valence-electron chi connectivity index (χ0n) is 9.19. The molecule has 0 saturated carbocycles. The van der Waals surface area contributed by atoms with Gasteiger partial charge in [-0.05, 0) is 13.0 Å². The molecule has 0 spiro atoms. The van der Waals surface area contributed by atoms with Crippen molar-refractivity contribution in [2.45, 2.75) is 13.0 Å². The molecule has 0 N–H and O–H groups in total. The summed E-state index contributed by atoms with van der Waals surface area (Å²) in [6, 6.07) is 5.69. The maximum atomic E-state index is 5.69. The molecule has 0 radical (unpaired) electrons. The van der Waals surface area contributed by atoms with Gasteiger partial charge in [0.25, 0.3) is 0 Å². The maximum Gasteiger partial charge on any atom is 0.169 e. The second-order valence-electron chi connectivity index (χ2n) is 3.14. The minimum Gasteiger partial charge on any atom is -0.493 e. The first-order valence-corrected chi connectivity index (χ1v) is 4.81. The summed E-state index contributed by atoms with van der Waals surface area (Å²) in [4.78, 5) is 0. The van der Waals surface area contributed by atoms with E-state index in [1.54, 1.807) is 19.3 Å². The molecular formula is C13H16O2. The summed E-state index contributed by atoms with van der Waals surface area (Å²) in [5.41, 5.74) is 0.919. The average molecular weight is 204 g/mol. The quantitative estimate of drug-likeness (QED) is 0.685. The van der Waals surface area contributed by atoms with Crippen molar-refractivity contribution in [1.29, 1.82) is 0 Å². The average Bonchev–Trinajstić information content (AvgIpc) is 2.29. The highest BCUT2D eigenvalue weighted by Gasteiger charge is 2.10. The number of methoxy groups -OCH3 is 1. The highest BCUT2D eigenvalue weighted by atomic mass is 16.5. The highest BCUT2D eigenvalue weighted by molar-refractivity contribution is 5.61. The lowest BCUT2D eigenvalue weighted by atomic mass is 10.2. The molecule has 2 nitrogen and oxygen atoms in total. The van der Waals surface area contributed by atoms with Crippen molar-refractivity contribution in [2.75, 3.05) is 7.11 Å². The van der Waals surface area contributed by atoms with Crippen LogP contribution in [0, 0.1) is 0 Å².